The average Bonchev–Trinajstić information content (AvgIpc) is 3.09. The topological polar surface area (TPSA) is 101 Å². The molecule has 0 radical (unpaired) electrons. The predicted molar refractivity (Wildman–Crippen MR) is 113 cm³/mol. The molecule has 3 rings (SSSR count). The molecule has 0 saturated heterocycles. The van der Waals surface area contributed by atoms with E-state index in [1.54, 1.807) is 6.07 Å². The number of anilines is 2. The minimum absolute atomic E-state index is 0.0288. The van der Waals surface area contributed by atoms with Gasteiger partial charge in [0.05, 0.1) is 10.6 Å². The Bertz CT molecular complexity index is 1110. The number of amides is 1. The van der Waals surface area contributed by atoms with Crippen molar-refractivity contribution in [3.05, 3.63) is 48.0 Å². The van der Waals surface area contributed by atoms with Gasteiger partial charge >= 0.3 is 0 Å². The van der Waals surface area contributed by atoms with Crippen LogP contribution in [0, 0.1) is 6.92 Å². The summed E-state index contributed by atoms with van der Waals surface area (Å²) in [7, 11) is -3.87. The van der Waals surface area contributed by atoms with E-state index >= 15 is 0 Å². The maximum Gasteiger partial charge on any atom is 0.263 e. The summed E-state index contributed by atoms with van der Waals surface area (Å²) in [6, 6.07) is 12.3. The van der Waals surface area contributed by atoms with Gasteiger partial charge in [-0.05, 0) is 31.4 Å². The van der Waals surface area contributed by atoms with E-state index in [2.05, 4.69) is 20.2 Å². The number of nitrogens with zero attached hydrogens (tertiary/aromatic N) is 2. The van der Waals surface area contributed by atoms with Crippen LogP contribution in [0.3, 0.4) is 0 Å². The van der Waals surface area contributed by atoms with E-state index in [9.17, 15) is 13.2 Å². The van der Waals surface area contributed by atoms with E-state index in [4.69, 9.17) is 0 Å². The molecule has 0 aliphatic heterocycles. The zero-order valence-corrected chi connectivity index (χ0v) is 17.8. The number of sulfonamides is 1. The first-order valence-corrected chi connectivity index (χ1v) is 11.7. The summed E-state index contributed by atoms with van der Waals surface area (Å²) in [5.41, 5.74) is 2.43. The molecule has 0 aliphatic carbocycles. The summed E-state index contributed by atoms with van der Waals surface area (Å²) in [5.74, 6) is -0.273. The lowest BCUT2D eigenvalue weighted by atomic mass is 10.2. The van der Waals surface area contributed by atoms with E-state index in [0.29, 0.717) is 10.7 Å². The molecular formula is C18H18N4O3S3. The number of rotatable bonds is 6. The number of carbonyl (C=O) groups is 1. The van der Waals surface area contributed by atoms with Crippen LogP contribution in [0.25, 0.3) is 10.6 Å². The van der Waals surface area contributed by atoms with Gasteiger partial charge in [-0.15, -0.1) is 22.0 Å². The standard InChI is InChI=1S/C18H18N4O3S3/c1-11-4-6-13(7-5-11)17-20-21-18(27-17)22-28(24,25)14-8-9-16(26-3)15(10-14)19-12(2)23/h4-10H,1-3H3,(H,19,23)(H,21,22). The van der Waals surface area contributed by atoms with Gasteiger partial charge in [-0.2, -0.15) is 0 Å². The third-order valence-electron chi connectivity index (χ3n) is 3.74. The van der Waals surface area contributed by atoms with Crippen LogP contribution >= 0.6 is 23.1 Å². The van der Waals surface area contributed by atoms with Gasteiger partial charge in [0.15, 0.2) is 0 Å². The quantitative estimate of drug-likeness (QED) is 0.569. The number of hydrogen-bond donors (Lipinski definition) is 2. The van der Waals surface area contributed by atoms with E-state index in [1.807, 2.05) is 37.4 Å². The summed E-state index contributed by atoms with van der Waals surface area (Å²) in [5, 5.41) is 11.4. The van der Waals surface area contributed by atoms with Gasteiger partial charge in [-0.25, -0.2) is 8.42 Å². The fourth-order valence-electron chi connectivity index (χ4n) is 2.39. The fourth-order valence-corrected chi connectivity index (χ4v) is 4.93. The molecule has 1 heterocycles. The first kappa shape index (κ1) is 20.3. The molecule has 3 aromatic rings. The number of aromatic nitrogens is 2. The normalized spacial score (nSPS) is 11.2. The molecule has 0 aliphatic rings. The van der Waals surface area contributed by atoms with Crippen molar-refractivity contribution in [2.45, 2.75) is 23.6 Å². The van der Waals surface area contributed by atoms with Crippen molar-refractivity contribution < 1.29 is 13.2 Å². The minimum Gasteiger partial charge on any atom is -0.325 e. The van der Waals surface area contributed by atoms with Crippen molar-refractivity contribution in [3.63, 3.8) is 0 Å². The SMILES string of the molecule is CSc1ccc(S(=O)(=O)Nc2nnc(-c3ccc(C)cc3)s2)cc1NC(C)=O. The van der Waals surface area contributed by atoms with Crippen LogP contribution in [0.4, 0.5) is 10.8 Å². The van der Waals surface area contributed by atoms with Crippen LogP contribution in [0.5, 0.6) is 0 Å². The number of carbonyl (C=O) groups excluding carboxylic acids is 1. The van der Waals surface area contributed by atoms with Crippen LogP contribution in [0.2, 0.25) is 0 Å². The zero-order chi connectivity index (χ0) is 20.3. The van der Waals surface area contributed by atoms with Gasteiger partial charge in [0.1, 0.15) is 5.01 Å². The summed E-state index contributed by atoms with van der Waals surface area (Å²) < 4.78 is 27.9. The van der Waals surface area contributed by atoms with Crippen molar-refractivity contribution in [2.24, 2.45) is 0 Å². The number of nitrogens with one attached hydrogen (secondary N) is 2. The molecule has 2 N–H and O–H groups in total. The molecule has 1 amide bonds. The van der Waals surface area contributed by atoms with E-state index < -0.39 is 10.0 Å². The van der Waals surface area contributed by atoms with E-state index in [0.717, 1.165) is 27.4 Å². The summed E-state index contributed by atoms with van der Waals surface area (Å²) in [4.78, 5) is 12.2. The molecule has 2 aromatic carbocycles. The molecule has 0 bridgehead atoms. The third-order valence-corrected chi connectivity index (χ3v) is 6.89. The molecule has 0 unspecified atom stereocenters. The number of benzene rings is 2. The highest BCUT2D eigenvalue weighted by molar-refractivity contribution is 7.98. The maximum absolute atomic E-state index is 12.7. The lowest BCUT2D eigenvalue weighted by molar-refractivity contribution is -0.114. The molecule has 0 fully saturated rings. The Labute approximate surface area is 171 Å². The Hall–Kier alpha value is -2.43. The fraction of sp³-hybridized carbons (Fsp3) is 0.167. The molecule has 0 atom stereocenters. The molecule has 10 heteroatoms. The Morgan fingerprint density at radius 2 is 1.82 bits per heavy atom. The molecule has 1 aromatic heterocycles. The second-order valence-electron chi connectivity index (χ2n) is 5.93. The first-order valence-electron chi connectivity index (χ1n) is 8.17. The minimum atomic E-state index is -3.87. The van der Waals surface area contributed by atoms with Gasteiger partial charge in [0, 0.05) is 17.4 Å². The van der Waals surface area contributed by atoms with Crippen molar-refractivity contribution >= 4 is 49.8 Å². The smallest absolute Gasteiger partial charge is 0.263 e. The number of aryl methyl sites for hydroxylation is 1. The van der Waals surface area contributed by atoms with Crippen LogP contribution in [-0.2, 0) is 14.8 Å². The largest absolute Gasteiger partial charge is 0.325 e. The third kappa shape index (κ3) is 4.70. The summed E-state index contributed by atoms with van der Waals surface area (Å²) in [6.07, 6.45) is 1.85. The Morgan fingerprint density at radius 3 is 2.46 bits per heavy atom. The summed E-state index contributed by atoms with van der Waals surface area (Å²) >= 11 is 2.56. The van der Waals surface area contributed by atoms with Crippen molar-refractivity contribution in [2.75, 3.05) is 16.3 Å². The number of thioether (sulfide) groups is 1. The second kappa shape index (κ2) is 8.29. The zero-order valence-electron chi connectivity index (χ0n) is 15.4. The Balaban J connectivity index is 1.86. The highest BCUT2D eigenvalue weighted by Crippen LogP contribution is 2.31. The highest BCUT2D eigenvalue weighted by Gasteiger charge is 2.19. The van der Waals surface area contributed by atoms with Gasteiger partial charge in [-0.3, -0.25) is 9.52 Å². The Kier molecular flexibility index (Phi) is 6.01. The van der Waals surface area contributed by atoms with E-state index in [1.165, 1.54) is 30.8 Å². The van der Waals surface area contributed by atoms with Gasteiger partial charge < -0.3 is 5.32 Å². The van der Waals surface area contributed by atoms with E-state index in [-0.39, 0.29) is 15.9 Å². The second-order valence-corrected chi connectivity index (χ2v) is 9.44. The monoisotopic (exact) mass is 434 g/mol. The van der Waals surface area contributed by atoms with Gasteiger partial charge in [0.25, 0.3) is 10.0 Å². The number of hydrogen-bond acceptors (Lipinski definition) is 7. The first-order chi connectivity index (χ1) is 13.3. The highest BCUT2D eigenvalue weighted by atomic mass is 32.2. The van der Waals surface area contributed by atoms with Crippen LogP contribution in [0.1, 0.15) is 12.5 Å². The molecule has 146 valence electrons. The van der Waals surface area contributed by atoms with Gasteiger partial charge in [0.2, 0.25) is 11.0 Å². The van der Waals surface area contributed by atoms with Gasteiger partial charge in [-0.1, -0.05) is 41.2 Å². The van der Waals surface area contributed by atoms with Crippen molar-refractivity contribution in [1.82, 2.24) is 10.2 Å². The summed E-state index contributed by atoms with van der Waals surface area (Å²) in [6.45, 7) is 3.36. The lowest BCUT2D eigenvalue weighted by Crippen LogP contribution is -2.14. The molecule has 7 nitrogen and oxygen atoms in total. The molecule has 28 heavy (non-hydrogen) atoms. The lowest BCUT2D eigenvalue weighted by Gasteiger charge is -2.11. The van der Waals surface area contributed by atoms with Crippen LogP contribution in [-0.4, -0.2) is 30.8 Å². The Morgan fingerprint density at radius 1 is 1.11 bits per heavy atom. The average molecular weight is 435 g/mol. The van der Waals surface area contributed by atoms with Crippen LogP contribution < -0.4 is 10.0 Å². The maximum atomic E-state index is 12.7. The molecule has 0 spiro atoms. The molecule has 0 saturated carbocycles. The van der Waals surface area contributed by atoms with Crippen LogP contribution in [0.15, 0.2) is 52.3 Å². The van der Waals surface area contributed by atoms with Crippen molar-refractivity contribution in [1.29, 1.82) is 0 Å². The van der Waals surface area contributed by atoms with Crippen molar-refractivity contribution in [3.8, 4) is 10.6 Å². The predicted octanol–water partition coefficient (Wildman–Crippen LogP) is 3.99. The molecular weight excluding hydrogens is 416 g/mol.